The molecule has 0 aromatic rings. The second kappa shape index (κ2) is 3.45. The van der Waals surface area contributed by atoms with Crippen molar-refractivity contribution >= 4 is 11.8 Å². The number of rotatable bonds is 0. The highest BCUT2D eigenvalue weighted by Gasteiger charge is 2.50. The van der Waals surface area contributed by atoms with Crippen LogP contribution in [0.2, 0.25) is 0 Å². The lowest BCUT2D eigenvalue weighted by Gasteiger charge is -2.44. The molecule has 0 aliphatic carbocycles. The van der Waals surface area contributed by atoms with Gasteiger partial charge in [-0.15, -0.1) is 0 Å². The van der Waals surface area contributed by atoms with Gasteiger partial charge in [-0.05, 0) is 19.3 Å². The molecule has 0 radical (unpaired) electrons. The van der Waals surface area contributed by atoms with Crippen molar-refractivity contribution in [3.05, 3.63) is 0 Å². The zero-order valence-electron chi connectivity index (χ0n) is 9.13. The van der Waals surface area contributed by atoms with Crippen LogP contribution in [0.15, 0.2) is 0 Å². The van der Waals surface area contributed by atoms with Crippen LogP contribution in [0, 0.1) is 0 Å². The Bertz CT molecular complexity index is 300. The minimum atomic E-state index is -0.528. The molecule has 3 fully saturated rings. The summed E-state index contributed by atoms with van der Waals surface area (Å²) in [4.78, 5) is 27.6. The maximum Gasteiger partial charge on any atom is 0.246 e. The number of fused-ring (bicyclic) bond motifs is 2. The molecule has 3 heterocycles. The topological polar surface area (TPSA) is 60.9 Å². The van der Waals surface area contributed by atoms with Crippen molar-refractivity contribution in [1.29, 1.82) is 0 Å². The van der Waals surface area contributed by atoms with Crippen molar-refractivity contribution in [3.63, 3.8) is 0 Å². The van der Waals surface area contributed by atoms with Crippen LogP contribution in [0.25, 0.3) is 0 Å². The van der Waals surface area contributed by atoms with E-state index >= 15 is 0 Å². The smallest absolute Gasteiger partial charge is 0.246 e. The van der Waals surface area contributed by atoms with Gasteiger partial charge < -0.3 is 14.9 Å². The van der Waals surface area contributed by atoms with Crippen LogP contribution in [0.3, 0.4) is 0 Å². The third kappa shape index (κ3) is 1.27. The van der Waals surface area contributed by atoms with Crippen LogP contribution in [0.5, 0.6) is 0 Å². The minimum Gasteiger partial charge on any atom is -0.391 e. The number of amides is 2. The van der Waals surface area contributed by atoms with Crippen LogP contribution >= 0.6 is 0 Å². The largest absolute Gasteiger partial charge is 0.391 e. The van der Waals surface area contributed by atoms with Crippen molar-refractivity contribution in [3.8, 4) is 0 Å². The summed E-state index contributed by atoms with van der Waals surface area (Å²) in [7, 11) is 0. The molecule has 3 saturated heterocycles. The summed E-state index contributed by atoms with van der Waals surface area (Å²) in [6, 6.07) is -0.639. The molecule has 0 aromatic carbocycles. The zero-order chi connectivity index (χ0) is 11.3. The van der Waals surface area contributed by atoms with E-state index in [1.165, 1.54) is 0 Å². The molecular formula is C11H16N2O3. The lowest BCUT2D eigenvalue weighted by atomic mass is 9.96. The Balaban J connectivity index is 1.91. The van der Waals surface area contributed by atoms with Gasteiger partial charge in [-0.1, -0.05) is 0 Å². The molecule has 3 aliphatic rings. The molecule has 3 rings (SSSR count). The molecule has 0 aromatic heterocycles. The van der Waals surface area contributed by atoms with Crippen molar-refractivity contribution < 1.29 is 14.7 Å². The van der Waals surface area contributed by atoms with E-state index in [1.54, 1.807) is 9.80 Å². The van der Waals surface area contributed by atoms with Gasteiger partial charge in [-0.2, -0.15) is 0 Å². The average molecular weight is 224 g/mol. The summed E-state index contributed by atoms with van der Waals surface area (Å²) in [6.45, 7) is 1.04. The Hall–Kier alpha value is -1.10. The van der Waals surface area contributed by atoms with E-state index in [4.69, 9.17) is 0 Å². The highest BCUT2D eigenvalue weighted by Crippen LogP contribution is 2.31. The van der Waals surface area contributed by atoms with Gasteiger partial charge in [0.25, 0.3) is 0 Å². The summed E-state index contributed by atoms with van der Waals surface area (Å²) >= 11 is 0. The van der Waals surface area contributed by atoms with Crippen molar-refractivity contribution in [1.82, 2.24) is 9.80 Å². The first-order valence-electron chi connectivity index (χ1n) is 5.97. The van der Waals surface area contributed by atoms with E-state index < -0.39 is 12.1 Å². The van der Waals surface area contributed by atoms with Gasteiger partial charge >= 0.3 is 0 Å². The van der Waals surface area contributed by atoms with E-state index in [2.05, 4.69) is 0 Å². The SMILES string of the molecule is O=C1[C@@H]2C[C@@H](O)CN2C(=O)[C@H]2CCCCN12. The maximum atomic E-state index is 12.2. The maximum absolute atomic E-state index is 12.2. The molecule has 0 bridgehead atoms. The number of nitrogens with zero attached hydrogens (tertiary/aromatic N) is 2. The number of hydrogen-bond acceptors (Lipinski definition) is 3. The number of carbonyl (C=O) groups excluding carboxylic acids is 2. The number of carbonyl (C=O) groups is 2. The molecule has 0 saturated carbocycles. The lowest BCUT2D eigenvalue weighted by molar-refractivity contribution is -0.161. The monoisotopic (exact) mass is 224 g/mol. The fourth-order valence-electron chi connectivity index (χ4n) is 3.13. The molecule has 5 heteroatoms. The second-order valence-electron chi connectivity index (χ2n) is 4.94. The number of aliphatic hydroxyl groups excluding tert-OH is 1. The summed E-state index contributed by atoms with van der Waals surface area (Å²) < 4.78 is 0. The molecule has 16 heavy (non-hydrogen) atoms. The highest BCUT2D eigenvalue weighted by atomic mass is 16.3. The Morgan fingerprint density at radius 1 is 1.06 bits per heavy atom. The summed E-state index contributed by atoms with van der Waals surface area (Å²) in [6.07, 6.45) is 2.67. The fourth-order valence-corrected chi connectivity index (χ4v) is 3.13. The van der Waals surface area contributed by atoms with E-state index in [0.29, 0.717) is 19.5 Å². The van der Waals surface area contributed by atoms with E-state index in [-0.39, 0.29) is 17.9 Å². The number of piperidine rings is 1. The van der Waals surface area contributed by atoms with E-state index in [0.717, 1.165) is 19.3 Å². The second-order valence-corrected chi connectivity index (χ2v) is 4.94. The van der Waals surface area contributed by atoms with Crippen molar-refractivity contribution in [2.75, 3.05) is 13.1 Å². The Kier molecular flexibility index (Phi) is 2.17. The molecule has 3 aliphatic heterocycles. The molecule has 0 unspecified atom stereocenters. The standard InChI is InChI=1S/C11H16N2O3/c14-7-5-9-11(16)12-4-2-1-3-8(12)10(15)13(9)6-7/h7-9,14H,1-6H2/t7-,8-,9+/m1/s1. The third-order valence-corrected chi connectivity index (χ3v) is 3.92. The van der Waals surface area contributed by atoms with Crippen LogP contribution in [-0.2, 0) is 9.59 Å². The summed E-state index contributed by atoms with van der Waals surface area (Å²) in [5.74, 6) is 0.0849. The van der Waals surface area contributed by atoms with Gasteiger partial charge in [0.1, 0.15) is 12.1 Å². The summed E-state index contributed by atoms with van der Waals surface area (Å²) in [5, 5.41) is 9.56. The first kappa shape index (κ1) is 10.1. The molecule has 2 amide bonds. The van der Waals surface area contributed by atoms with Gasteiger partial charge in [0, 0.05) is 19.5 Å². The molecule has 3 atom stereocenters. The molecular weight excluding hydrogens is 208 g/mol. The Morgan fingerprint density at radius 3 is 2.62 bits per heavy atom. The minimum absolute atomic E-state index is 0.0425. The van der Waals surface area contributed by atoms with E-state index in [1.807, 2.05) is 0 Å². The number of hydrogen-bond donors (Lipinski definition) is 1. The van der Waals surface area contributed by atoms with Crippen molar-refractivity contribution in [2.45, 2.75) is 43.9 Å². The Labute approximate surface area is 94.0 Å². The van der Waals surface area contributed by atoms with Gasteiger partial charge in [-0.3, -0.25) is 9.59 Å². The molecule has 0 spiro atoms. The normalized spacial score (nSPS) is 38.7. The van der Waals surface area contributed by atoms with E-state index in [9.17, 15) is 14.7 Å². The van der Waals surface area contributed by atoms with Crippen LogP contribution in [0.1, 0.15) is 25.7 Å². The predicted octanol–water partition coefficient (Wildman–Crippen LogP) is -0.657. The molecule has 1 N–H and O–H groups in total. The van der Waals surface area contributed by atoms with Gasteiger partial charge in [-0.25, -0.2) is 0 Å². The van der Waals surface area contributed by atoms with Crippen LogP contribution in [-0.4, -0.2) is 58.0 Å². The van der Waals surface area contributed by atoms with Gasteiger partial charge in [0.05, 0.1) is 6.10 Å². The van der Waals surface area contributed by atoms with Crippen molar-refractivity contribution in [2.24, 2.45) is 0 Å². The number of piperazine rings is 1. The molecule has 88 valence electrons. The van der Waals surface area contributed by atoms with Crippen LogP contribution in [0.4, 0.5) is 0 Å². The summed E-state index contributed by atoms with van der Waals surface area (Å²) in [5.41, 5.74) is 0. The zero-order valence-corrected chi connectivity index (χ0v) is 9.13. The Morgan fingerprint density at radius 2 is 1.81 bits per heavy atom. The number of aliphatic hydroxyl groups is 1. The first-order chi connectivity index (χ1) is 7.68. The van der Waals surface area contributed by atoms with Gasteiger partial charge in [0.15, 0.2) is 0 Å². The fraction of sp³-hybridized carbons (Fsp3) is 0.818. The van der Waals surface area contributed by atoms with Crippen LogP contribution < -0.4 is 0 Å². The third-order valence-electron chi connectivity index (χ3n) is 3.92. The quantitative estimate of drug-likeness (QED) is 0.594. The predicted molar refractivity (Wildman–Crippen MR) is 55.5 cm³/mol. The average Bonchev–Trinajstić information content (AvgIpc) is 2.68. The van der Waals surface area contributed by atoms with Gasteiger partial charge in [0.2, 0.25) is 11.8 Å². The highest BCUT2D eigenvalue weighted by molar-refractivity contribution is 5.97. The molecule has 5 nitrogen and oxygen atoms in total. The lowest BCUT2D eigenvalue weighted by Crippen LogP contribution is -2.63. The first-order valence-corrected chi connectivity index (χ1v) is 5.97.